The largest absolute Gasteiger partial charge is 0.0871 e. The fourth-order valence-corrected chi connectivity index (χ4v) is 13.3. The van der Waals surface area contributed by atoms with Crippen LogP contribution in [0.1, 0.15) is 114 Å². The molecule has 0 bridgehead atoms. The molecule has 0 nitrogen and oxygen atoms in total. The number of allylic oxidation sites excluding steroid dienone is 2. The Morgan fingerprint density at radius 2 is 0.549 bits per heavy atom. The highest BCUT2D eigenvalue weighted by Crippen LogP contribution is 2.30. The molecule has 0 heteroatoms. The molecule has 18 rings (SSSR count). The van der Waals surface area contributed by atoms with E-state index in [0.717, 1.165) is 6.42 Å². The molecule has 0 heterocycles. The van der Waals surface area contributed by atoms with E-state index in [0.29, 0.717) is 0 Å². The fourth-order valence-electron chi connectivity index (χ4n) is 13.3. The SMILES string of the molecule is C/C=C/c1ccccc1.C/C=C\c1ccccc1.CCc1ccccc1.Cc1c2ccccc2cc2ccccc12.Cc1ccc(C(C)(C)C)cc1.Cc1ccc(C)c(C)c1.Cc1ccc2cc3ccccc3cc2c1.Cc1ccc2ccccc2c1.Cc1cccc2cc3ccccc3cc12.Cc1cccc2ccccc12. The van der Waals surface area contributed by atoms with Crippen molar-refractivity contribution < 1.29 is 0 Å². The van der Waals surface area contributed by atoms with Gasteiger partial charge in [0.2, 0.25) is 0 Å². The average molecular weight is 1470 g/mol. The zero-order chi connectivity index (χ0) is 80.3. The molecule has 0 aromatic heterocycles. The molecular formula is C113H114. The highest BCUT2D eigenvalue weighted by molar-refractivity contribution is 6.03. The lowest BCUT2D eigenvalue weighted by Gasteiger charge is -2.18. The lowest BCUT2D eigenvalue weighted by atomic mass is 9.87. The molecule has 0 saturated carbocycles. The van der Waals surface area contributed by atoms with E-state index in [2.05, 4.69) is 442 Å². The summed E-state index contributed by atoms with van der Waals surface area (Å²) in [4.78, 5) is 0. The van der Waals surface area contributed by atoms with Gasteiger partial charge in [-0.25, -0.2) is 0 Å². The van der Waals surface area contributed by atoms with E-state index in [4.69, 9.17) is 0 Å². The van der Waals surface area contributed by atoms with Crippen LogP contribution in [-0.2, 0) is 11.8 Å². The first kappa shape index (κ1) is 84.5. The van der Waals surface area contributed by atoms with Crippen LogP contribution in [0, 0.1) is 62.3 Å². The maximum Gasteiger partial charge on any atom is -0.0132 e. The molecule has 0 aliphatic heterocycles. The first-order valence-corrected chi connectivity index (χ1v) is 39.8. The summed E-state index contributed by atoms with van der Waals surface area (Å²) in [5.74, 6) is 0. The molecule has 0 amide bonds. The van der Waals surface area contributed by atoms with Crippen LogP contribution >= 0.6 is 0 Å². The molecule has 0 aliphatic carbocycles. The monoisotopic (exact) mass is 1470 g/mol. The van der Waals surface area contributed by atoms with Crippen molar-refractivity contribution in [2.45, 2.75) is 116 Å². The van der Waals surface area contributed by atoms with Crippen molar-refractivity contribution in [3.8, 4) is 0 Å². The second kappa shape index (κ2) is 43.8. The van der Waals surface area contributed by atoms with E-state index in [9.17, 15) is 0 Å². The van der Waals surface area contributed by atoms with Crippen LogP contribution in [0.15, 0.2) is 394 Å². The number of rotatable bonds is 3. The van der Waals surface area contributed by atoms with Crippen LogP contribution in [0.4, 0.5) is 0 Å². The smallest absolute Gasteiger partial charge is 0.0132 e. The Kier molecular flexibility index (Phi) is 32.8. The number of benzene rings is 18. The topological polar surface area (TPSA) is 0 Å². The predicted molar refractivity (Wildman–Crippen MR) is 505 cm³/mol. The summed E-state index contributed by atoms with van der Waals surface area (Å²) in [5, 5.41) is 21.3. The zero-order valence-electron chi connectivity index (χ0n) is 69.4. The number of fused-ring (bicyclic) bond motifs is 8. The molecule has 0 spiro atoms. The van der Waals surface area contributed by atoms with E-state index in [1.807, 2.05) is 68.5 Å². The number of hydrogen-bond donors (Lipinski definition) is 0. The normalized spacial score (nSPS) is 10.6. The lowest BCUT2D eigenvalue weighted by Crippen LogP contribution is -2.10. The molecule has 18 aromatic carbocycles. The molecule has 0 aliphatic rings. The van der Waals surface area contributed by atoms with E-state index in [-0.39, 0.29) is 5.41 Å². The van der Waals surface area contributed by atoms with Crippen LogP contribution in [-0.4, -0.2) is 0 Å². The molecule has 0 atom stereocenters. The molecule has 113 heavy (non-hydrogen) atoms. The average Bonchev–Trinajstić information content (AvgIpc) is 0.784. The third-order valence-corrected chi connectivity index (χ3v) is 19.9. The highest BCUT2D eigenvalue weighted by atomic mass is 14.2. The summed E-state index contributed by atoms with van der Waals surface area (Å²) in [7, 11) is 0. The maximum atomic E-state index is 2.28. The summed E-state index contributed by atoms with van der Waals surface area (Å²) >= 11 is 0. The van der Waals surface area contributed by atoms with Gasteiger partial charge in [0, 0.05) is 0 Å². The van der Waals surface area contributed by atoms with Gasteiger partial charge >= 0.3 is 0 Å². The van der Waals surface area contributed by atoms with Gasteiger partial charge in [-0.2, -0.15) is 0 Å². The molecule has 0 radical (unpaired) electrons. The first-order valence-electron chi connectivity index (χ1n) is 39.8. The second-order valence-electron chi connectivity index (χ2n) is 30.0. The van der Waals surface area contributed by atoms with E-state index in [1.54, 1.807) is 0 Å². The van der Waals surface area contributed by atoms with Crippen molar-refractivity contribution in [2.24, 2.45) is 0 Å². The molecular weight excluding hydrogens is 1360 g/mol. The zero-order valence-corrected chi connectivity index (χ0v) is 69.4. The summed E-state index contributed by atoms with van der Waals surface area (Å²) < 4.78 is 0. The lowest BCUT2D eigenvalue weighted by molar-refractivity contribution is 0.590. The minimum Gasteiger partial charge on any atom is -0.0871 e. The third-order valence-electron chi connectivity index (χ3n) is 19.9. The Balaban J connectivity index is 0.000000145. The quantitative estimate of drug-likeness (QED) is 0.155. The summed E-state index contributed by atoms with van der Waals surface area (Å²) in [6.07, 6.45) is 9.38. The van der Waals surface area contributed by atoms with Crippen LogP contribution in [0.5, 0.6) is 0 Å². The summed E-state index contributed by atoms with van der Waals surface area (Å²) in [6.45, 7) is 32.2. The van der Waals surface area contributed by atoms with Crippen molar-refractivity contribution >= 4 is 98.3 Å². The third kappa shape index (κ3) is 26.6. The summed E-state index contributed by atoms with van der Waals surface area (Å²) in [6, 6.07) is 134. The van der Waals surface area contributed by atoms with Gasteiger partial charge < -0.3 is 0 Å². The molecule has 566 valence electrons. The fraction of sp³-hybridized carbons (Fsp3) is 0.150. The number of aryl methyl sites for hydroxylation is 10. The van der Waals surface area contributed by atoms with Crippen LogP contribution < -0.4 is 0 Å². The van der Waals surface area contributed by atoms with Gasteiger partial charge in [0.25, 0.3) is 0 Å². The van der Waals surface area contributed by atoms with Gasteiger partial charge in [0.05, 0.1) is 0 Å². The van der Waals surface area contributed by atoms with Gasteiger partial charge in [-0.05, 0) is 255 Å². The van der Waals surface area contributed by atoms with E-state index in [1.165, 1.54) is 159 Å². The van der Waals surface area contributed by atoms with Gasteiger partial charge in [-0.1, -0.05) is 426 Å². The van der Waals surface area contributed by atoms with Crippen molar-refractivity contribution in [3.05, 3.63) is 467 Å². The first-order chi connectivity index (χ1) is 54.8. The molecule has 0 unspecified atom stereocenters. The second-order valence-corrected chi connectivity index (χ2v) is 30.0. The standard InChI is InChI=1S/3C15H12.2C11H10.C11H16.C9H12.2C9H10.C8H10/c1-11-14-8-4-2-6-12(14)10-13-7-3-5-9-15(11)13;1-11-5-4-8-14-9-12-6-2-3-7-13(12)10-15(11)14;1-11-6-7-14-9-12-4-2-3-5-13(12)10-15(14)8-11;1-9-5-4-7-10-6-2-3-8-11(9)10;1-9-6-7-10-4-2-3-5-11(10)8-9;1-9-5-7-10(8-6-9)11(2,3)4;1-7-4-5-8(2)9(3)6-7;2*1-2-6-9-7-4-3-5-8-9;1-2-8-6-4-3-5-7-8/h3*2-10H,1H3;2*2-8H,1H3;5-8H,1-4H3;4-6H,1-3H3;2*2-8H,1H3;3-7H,2H2,1H3/b;;;;;;;6-2+;6-2-;. The number of hydrogen-bond acceptors (Lipinski definition) is 0. The van der Waals surface area contributed by atoms with Gasteiger partial charge in [-0.3, -0.25) is 0 Å². The Hall–Kier alpha value is -12.5. The highest BCUT2D eigenvalue weighted by Gasteiger charge is 2.12. The van der Waals surface area contributed by atoms with Gasteiger partial charge in [0.1, 0.15) is 0 Å². The predicted octanol–water partition coefficient (Wildman–Crippen LogP) is 32.8. The van der Waals surface area contributed by atoms with Crippen LogP contribution in [0.25, 0.3) is 98.3 Å². The molecule has 0 fully saturated rings. The molecule has 0 saturated heterocycles. The molecule has 18 aromatic rings. The van der Waals surface area contributed by atoms with Gasteiger partial charge in [-0.15, -0.1) is 0 Å². The minimum absolute atomic E-state index is 0.285. The Morgan fingerprint density at radius 1 is 0.221 bits per heavy atom. The van der Waals surface area contributed by atoms with Crippen LogP contribution in [0.3, 0.4) is 0 Å². The Morgan fingerprint density at radius 3 is 1.01 bits per heavy atom. The maximum absolute atomic E-state index is 2.28. The van der Waals surface area contributed by atoms with E-state index < -0.39 is 0 Å². The van der Waals surface area contributed by atoms with Crippen molar-refractivity contribution in [3.63, 3.8) is 0 Å². The van der Waals surface area contributed by atoms with Gasteiger partial charge in [0.15, 0.2) is 0 Å². The minimum atomic E-state index is 0.285. The van der Waals surface area contributed by atoms with Crippen LogP contribution in [0.2, 0.25) is 0 Å². The van der Waals surface area contributed by atoms with Crippen molar-refractivity contribution in [1.82, 2.24) is 0 Å². The molecule has 0 N–H and O–H groups in total. The van der Waals surface area contributed by atoms with Crippen molar-refractivity contribution in [1.29, 1.82) is 0 Å². The summed E-state index contributed by atoms with van der Waals surface area (Å²) in [5.41, 5.74) is 17.8. The Labute approximate surface area is 676 Å². The Bertz CT molecular complexity index is 5840. The van der Waals surface area contributed by atoms with Crippen molar-refractivity contribution in [2.75, 3.05) is 0 Å². The van der Waals surface area contributed by atoms with E-state index >= 15 is 0 Å².